The molecule has 1 aliphatic heterocycles. The fourth-order valence-corrected chi connectivity index (χ4v) is 3.69. The summed E-state index contributed by atoms with van der Waals surface area (Å²) in [6.07, 6.45) is 3.13. The van der Waals surface area contributed by atoms with Crippen molar-refractivity contribution in [3.05, 3.63) is 36.0 Å². The molecule has 1 aliphatic rings. The largest absolute Gasteiger partial charge is 0.360 e. The molecule has 0 bridgehead atoms. The third kappa shape index (κ3) is 2.75. The van der Waals surface area contributed by atoms with Crippen molar-refractivity contribution in [2.45, 2.75) is 33.2 Å². The molecule has 3 heteroatoms. The molecule has 0 saturated carbocycles. The number of aromatic nitrogens is 1. The predicted molar refractivity (Wildman–Crippen MR) is 86.6 cm³/mol. The fourth-order valence-electron chi connectivity index (χ4n) is 3.69. The van der Waals surface area contributed by atoms with E-state index < -0.39 is 0 Å². The van der Waals surface area contributed by atoms with E-state index in [-0.39, 0.29) is 11.8 Å². The van der Waals surface area contributed by atoms with Crippen LogP contribution < -0.4 is 0 Å². The summed E-state index contributed by atoms with van der Waals surface area (Å²) in [5.74, 6) is 1.58. The van der Waals surface area contributed by atoms with Crippen LogP contribution in [0.1, 0.15) is 37.6 Å². The molecule has 21 heavy (non-hydrogen) atoms. The summed E-state index contributed by atoms with van der Waals surface area (Å²) < 4.78 is 0. The van der Waals surface area contributed by atoms with Crippen LogP contribution in [0.15, 0.2) is 30.5 Å². The van der Waals surface area contributed by atoms with Gasteiger partial charge >= 0.3 is 0 Å². The molecule has 3 nitrogen and oxygen atoms in total. The highest BCUT2D eigenvalue weighted by Gasteiger charge is 2.30. The second-order valence-corrected chi connectivity index (χ2v) is 6.69. The quantitative estimate of drug-likeness (QED) is 0.872. The normalized spacial score (nSPS) is 25.1. The molecule has 112 valence electrons. The number of nitrogens with zero attached hydrogens (tertiary/aromatic N) is 1. The number of benzene rings is 1. The van der Waals surface area contributed by atoms with E-state index in [1.54, 1.807) is 0 Å². The number of piperidine rings is 1. The Labute approximate surface area is 126 Å². The van der Waals surface area contributed by atoms with Gasteiger partial charge in [0.2, 0.25) is 0 Å². The van der Waals surface area contributed by atoms with Crippen LogP contribution in [0.2, 0.25) is 0 Å². The van der Waals surface area contributed by atoms with E-state index in [1.807, 2.05) is 30.5 Å². The molecule has 0 aliphatic carbocycles. The number of carbonyl (C=O) groups excluding carboxylic acids is 1. The van der Waals surface area contributed by atoms with Gasteiger partial charge in [-0.05, 0) is 31.2 Å². The molecule has 0 amide bonds. The highest BCUT2D eigenvalue weighted by molar-refractivity contribution is 6.10. The molecule has 0 radical (unpaired) electrons. The maximum absolute atomic E-state index is 12.9. The van der Waals surface area contributed by atoms with E-state index in [0.717, 1.165) is 29.6 Å². The molecule has 1 fully saturated rings. The highest BCUT2D eigenvalue weighted by Crippen LogP contribution is 2.25. The summed E-state index contributed by atoms with van der Waals surface area (Å²) in [5.41, 5.74) is 1.86. The second-order valence-electron chi connectivity index (χ2n) is 6.69. The first-order chi connectivity index (χ1) is 10.1. The molecule has 0 spiro atoms. The summed E-state index contributed by atoms with van der Waals surface area (Å²) in [4.78, 5) is 18.4. The van der Waals surface area contributed by atoms with Crippen molar-refractivity contribution in [1.29, 1.82) is 0 Å². The minimum atomic E-state index is -0.0468. The third-order valence-electron chi connectivity index (χ3n) is 4.68. The Balaban J connectivity index is 1.84. The standard InChI is InChI=1S/C18H24N2O/c1-12-8-13(2)11-20(10-12)14(3)18(21)16-9-19-17-7-5-4-6-15(16)17/h4-7,9,12-14,19H,8,10-11H2,1-3H3/t12-,13-,14-/m1/s1. The third-order valence-corrected chi connectivity index (χ3v) is 4.68. The maximum atomic E-state index is 12.9. The lowest BCUT2D eigenvalue weighted by molar-refractivity contribution is 0.0688. The molecule has 2 heterocycles. The molecule has 2 aromatic rings. The Morgan fingerprint density at radius 3 is 2.62 bits per heavy atom. The molecule has 0 unspecified atom stereocenters. The first kappa shape index (κ1) is 14.3. The number of Topliss-reactive ketones (excluding diaryl/α,β-unsaturated/α-hetero) is 1. The number of likely N-dealkylation sites (tertiary alicyclic amines) is 1. The molecule has 1 aromatic heterocycles. The highest BCUT2D eigenvalue weighted by atomic mass is 16.1. The summed E-state index contributed by atoms with van der Waals surface area (Å²) >= 11 is 0. The van der Waals surface area contributed by atoms with Crippen molar-refractivity contribution >= 4 is 16.7 Å². The Morgan fingerprint density at radius 1 is 1.24 bits per heavy atom. The number of aromatic amines is 1. The van der Waals surface area contributed by atoms with Crippen molar-refractivity contribution < 1.29 is 4.79 Å². The smallest absolute Gasteiger partial charge is 0.181 e. The summed E-state index contributed by atoms with van der Waals surface area (Å²) in [6, 6.07) is 7.97. The molecular formula is C18H24N2O. The fraction of sp³-hybridized carbons (Fsp3) is 0.500. The molecule has 1 saturated heterocycles. The van der Waals surface area contributed by atoms with Crippen LogP contribution in [0, 0.1) is 11.8 Å². The Morgan fingerprint density at radius 2 is 1.90 bits per heavy atom. The van der Waals surface area contributed by atoms with Gasteiger partial charge in [-0.2, -0.15) is 0 Å². The van der Waals surface area contributed by atoms with Gasteiger partial charge in [0.15, 0.2) is 5.78 Å². The number of ketones is 1. The van der Waals surface area contributed by atoms with E-state index >= 15 is 0 Å². The number of fused-ring (bicyclic) bond motifs is 1. The van der Waals surface area contributed by atoms with E-state index in [2.05, 4.69) is 30.7 Å². The number of hydrogen-bond acceptors (Lipinski definition) is 2. The van der Waals surface area contributed by atoms with E-state index in [9.17, 15) is 4.79 Å². The average molecular weight is 284 g/mol. The lowest BCUT2D eigenvalue weighted by Gasteiger charge is -2.38. The summed E-state index contributed by atoms with van der Waals surface area (Å²) in [5, 5.41) is 1.03. The average Bonchev–Trinajstić information content (AvgIpc) is 2.88. The zero-order chi connectivity index (χ0) is 15.0. The molecular weight excluding hydrogens is 260 g/mol. The van der Waals surface area contributed by atoms with Gasteiger partial charge in [-0.15, -0.1) is 0 Å². The van der Waals surface area contributed by atoms with Crippen molar-refractivity contribution in [1.82, 2.24) is 9.88 Å². The summed E-state index contributed by atoms with van der Waals surface area (Å²) in [7, 11) is 0. The van der Waals surface area contributed by atoms with Gasteiger partial charge in [0.1, 0.15) is 0 Å². The van der Waals surface area contributed by atoms with E-state index in [4.69, 9.17) is 0 Å². The number of nitrogens with one attached hydrogen (secondary N) is 1. The van der Waals surface area contributed by atoms with E-state index in [1.165, 1.54) is 6.42 Å². The van der Waals surface area contributed by atoms with Gasteiger partial charge in [0.05, 0.1) is 6.04 Å². The van der Waals surface area contributed by atoms with Crippen molar-refractivity contribution in [3.63, 3.8) is 0 Å². The van der Waals surface area contributed by atoms with Gasteiger partial charge < -0.3 is 4.98 Å². The monoisotopic (exact) mass is 284 g/mol. The zero-order valence-corrected chi connectivity index (χ0v) is 13.1. The second kappa shape index (κ2) is 5.64. The zero-order valence-electron chi connectivity index (χ0n) is 13.1. The Hall–Kier alpha value is -1.61. The number of carbonyl (C=O) groups is 1. The van der Waals surface area contributed by atoms with Crippen LogP contribution in [-0.2, 0) is 0 Å². The van der Waals surface area contributed by atoms with Crippen molar-refractivity contribution in [3.8, 4) is 0 Å². The van der Waals surface area contributed by atoms with Crippen LogP contribution in [0.3, 0.4) is 0 Å². The molecule has 1 N–H and O–H groups in total. The van der Waals surface area contributed by atoms with Crippen LogP contribution in [-0.4, -0.2) is 34.8 Å². The van der Waals surface area contributed by atoms with Crippen LogP contribution in [0.5, 0.6) is 0 Å². The van der Waals surface area contributed by atoms with Crippen LogP contribution >= 0.6 is 0 Å². The first-order valence-corrected chi connectivity index (χ1v) is 7.90. The lowest BCUT2D eigenvalue weighted by atomic mass is 9.90. The van der Waals surface area contributed by atoms with Crippen LogP contribution in [0.25, 0.3) is 10.9 Å². The Bertz CT molecular complexity index is 635. The van der Waals surface area contributed by atoms with Crippen LogP contribution in [0.4, 0.5) is 0 Å². The van der Waals surface area contributed by atoms with Gasteiger partial charge in [0, 0.05) is 35.8 Å². The number of hydrogen-bond donors (Lipinski definition) is 1. The van der Waals surface area contributed by atoms with Gasteiger partial charge in [-0.25, -0.2) is 0 Å². The minimum absolute atomic E-state index is 0.0468. The topological polar surface area (TPSA) is 36.1 Å². The lowest BCUT2D eigenvalue weighted by Crippen LogP contribution is -2.47. The molecule has 3 rings (SSSR count). The number of para-hydroxylation sites is 1. The van der Waals surface area contributed by atoms with Crippen molar-refractivity contribution in [2.75, 3.05) is 13.1 Å². The van der Waals surface area contributed by atoms with E-state index in [0.29, 0.717) is 11.8 Å². The van der Waals surface area contributed by atoms with Gasteiger partial charge in [-0.1, -0.05) is 32.0 Å². The molecule has 3 atom stereocenters. The van der Waals surface area contributed by atoms with Gasteiger partial charge in [0.25, 0.3) is 0 Å². The van der Waals surface area contributed by atoms with Gasteiger partial charge in [-0.3, -0.25) is 9.69 Å². The maximum Gasteiger partial charge on any atom is 0.181 e. The number of rotatable bonds is 3. The van der Waals surface area contributed by atoms with Crippen molar-refractivity contribution in [2.24, 2.45) is 11.8 Å². The SMILES string of the molecule is C[C@@H]1C[C@@H](C)CN([C@H](C)C(=O)c2c[nH]c3ccccc23)C1. The first-order valence-electron chi connectivity index (χ1n) is 7.90. The minimum Gasteiger partial charge on any atom is -0.360 e. The predicted octanol–water partition coefficient (Wildman–Crippen LogP) is 3.72. The molecule has 1 aromatic carbocycles. The summed E-state index contributed by atoms with van der Waals surface area (Å²) in [6.45, 7) is 8.67. The number of H-pyrrole nitrogens is 1. The Kier molecular flexibility index (Phi) is 3.85.